The Hall–Kier alpha value is -1.83. The van der Waals surface area contributed by atoms with Gasteiger partial charge in [0, 0.05) is 6.42 Å². The van der Waals surface area contributed by atoms with E-state index in [9.17, 15) is 4.79 Å². The van der Waals surface area contributed by atoms with E-state index in [1.807, 2.05) is 6.92 Å². The van der Waals surface area contributed by atoms with Gasteiger partial charge in [0.15, 0.2) is 0 Å². The number of ether oxygens (including phenoxy) is 1. The van der Waals surface area contributed by atoms with E-state index in [1.165, 1.54) is 36.5 Å². The molecule has 4 fully saturated rings. The van der Waals surface area contributed by atoms with Crippen LogP contribution in [0.15, 0.2) is 42.5 Å². The molecule has 0 amide bonds. The highest BCUT2D eigenvalue weighted by atomic mass is 16.5. The van der Waals surface area contributed by atoms with Crippen LogP contribution in [0.3, 0.4) is 0 Å². The topological polar surface area (TPSA) is 26.3 Å². The molecule has 10 atom stereocenters. The molecule has 0 saturated heterocycles. The maximum Gasteiger partial charge on any atom is 0.305 e. The SMILES string of the molecule is CC1C(C)[C@H]2C[C@@H]1C[C@@H]2c1cccc2ccccc12.CCCC(=O)OCC1C[C@H]2C[C@@H]1C(C)C2C. The van der Waals surface area contributed by atoms with Gasteiger partial charge in [-0.05, 0) is 108 Å². The maximum absolute atomic E-state index is 11.3. The molecule has 0 N–H and O–H groups in total. The summed E-state index contributed by atoms with van der Waals surface area (Å²) in [5.41, 5.74) is 1.62. The molecule has 2 aromatic carbocycles. The minimum Gasteiger partial charge on any atom is -0.465 e. The number of hydrogen-bond acceptors (Lipinski definition) is 2. The molecular formula is C33H46O2. The number of rotatable bonds is 5. The molecule has 4 aliphatic rings. The molecule has 4 aliphatic carbocycles. The lowest BCUT2D eigenvalue weighted by atomic mass is 9.72. The molecule has 0 spiro atoms. The highest BCUT2D eigenvalue weighted by Gasteiger charge is 2.50. The fraction of sp³-hybridized carbons (Fsp3) is 0.667. The Kier molecular flexibility index (Phi) is 7.29. The Morgan fingerprint density at radius 3 is 2.11 bits per heavy atom. The van der Waals surface area contributed by atoms with E-state index < -0.39 is 0 Å². The van der Waals surface area contributed by atoms with Crippen LogP contribution >= 0.6 is 0 Å². The van der Waals surface area contributed by atoms with Crippen molar-refractivity contribution < 1.29 is 9.53 Å². The van der Waals surface area contributed by atoms with Crippen LogP contribution in [-0.4, -0.2) is 12.6 Å². The predicted octanol–water partition coefficient (Wildman–Crippen LogP) is 8.49. The van der Waals surface area contributed by atoms with E-state index in [0.717, 1.165) is 59.7 Å². The summed E-state index contributed by atoms with van der Waals surface area (Å²) in [7, 11) is 0. The molecule has 2 aromatic rings. The number of fused-ring (bicyclic) bond motifs is 5. The minimum atomic E-state index is -0.00836. The lowest BCUT2D eigenvalue weighted by Gasteiger charge is -2.32. The van der Waals surface area contributed by atoms with Gasteiger partial charge in [-0.2, -0.15) is 0 Å². The average Bonchev–Trinajstić information content (AvgIpc) is 3.61. The maximum atomic E-state index is 11.3. The van der Waals surface area contributed by atoms with E-state index in [0.29, 0.717) is 18.9 Å². The van der Waals surface area contributed by atoms with Gasteiger partial charge in [0.05, 0.1) is 6.61 Å². The first-order valence-corrected chi connectivity index (χ1v) is 14.5. The summed E-state index contributed by atoms with van der Waals surface area (Å²) in [6, 6.07) is 15.8. The van der Waals surface area contributed by atoms with Crippen molar-refractivity contribution in [3.63, 3.8) is 0 Å². The van der Waals surface area contributed by atoms with Crippen molar-refractivity contribution >= 4 is 16.7 Å². The summed E-state index contributed by atoms with van der Waals surface area (Å²) in [4.78, 5) is 11.3. The zero-order valence-corrected chi connectivity index (χ0v) is 22.6. The van der Waals surface area contributed by atoms with Crippen molar-refractivity contribution in [1.29, 1.82) is 0 Å². The summed E-state index contributed by atoms with van der Waals surface area (Å²) >= 11 is 0. The van der Waals surface area contributed by atoms with Crippen molar-refractivity contribution in [2.24, 2.45) is 53.3 Å². The Morgan fingerprint density at radius 1 is 0.800 bits per heavy atom. The molecular weight excluding hydrogens is 428 g/mol. The summed E-state index contributed by atoms with van der Waals surface area (Å²) < 4.78 is 5.36. The van der Waals surface area contributed by atoms with Crippen LogP contribution in [0, 0.1) is 53.3 Å². The van der Waals surface area contributed by atoms with Gasteiger partial charge in [-0.25, -0.2) is 0 Å². The highest BCUT2D eigenvalue weighted by Crippen LogP contribution is 2.59. The molecule has 0 aromatic heterocycles. The molecule has 0 aliphatic heterocycles. The first kappa shape index (κ1) is 24.8. The van der Waals surface area contributed by atoms with Gasteiger partial charge in [-0.15, -0.1) is 0 Å². The van der Waals surface area contributed by atoms with Crippen LogP contribution < -0.4 is 0 Å². The monoisotopic (exact) mass is 474 g/mol. The van der Waals surface area contributed by atoms with Crippen LogP contribution in [0.1, 0.15) is 84.6 Å². The summed E-state index contributed by atoms with van der Waals surface area (Å²) in [6.45, 7) is 12.4. The van der Waals surface area contributed by atoms with Crippen molar-refractivity contribution in [1.82, 2.24) is 0 Å². The third kappa shape index (κ3) is 4.67. The predicted molar refractivity (Wildman–Crippen MR) is 145 cm³/mol. The molecule has 2 heteroatoms. The Balaban J connectivity index is 0.000000148. The van der Waals surface area contributed by atoms with E-state index in [2.05, 4.69) is 70.2 Å². The molecule has 6 rings (SSSR count). The largest absolute Gasteiger partial charge is 0.465 e. The summed E-state index contributed by atoms with van der Waals surface area (Å²) in [6.07, 6.45) is 7.02. The third-order valence-corrected chi connectivity index (χ3v) is 11.1. The molecule has 35 heavy (non-hydrogen) atoms. The molecule has 2 nitrogen and oxygen atoms in total. The van der Waals surface area contributed by atoms with E-state index in [1.54, 1.807) is 5.56 Å². The third-order valence-electron chi connectivity index (χ3n) is 11.1. The van der Waals surface area contributed by atoms with Crippen LogP contribution in [0.4, 0.5) is 0 Å². The smallest absolute Gasteiger partial charge is 0.305 e. The van der Waals surface area contributed by atoms with E-state index in [4.69, 9.17) is 4.74 Å². The van der Waals surface area contributed by atoms with Gasteiger partial charge in [-0.3, -0.25) is 4.79 Å². The molecule has 190 valence electrons. The number of hydrogen-bond donors (Lipinski definition) is 0. The fourth-order valence-electron chi connectivity index (χ4n) is 8.63. The number of carbonyl (C=O) groups is 1. The number of benzene rings is 2. The van der Waals surface area contributed by atoms with Gasteiger partial charge in [0.2, 0.25) is 0 Å². The normalized spacial score (nSPS) is 39.0. The molecule has 4 bridgehead atoms. The zero-order valence-electron chi connectivity index (χ0n) is 22.6. The van der Waals surface area contributed by atoms with Crippen LogP contribution in [0.5, 0.6) is 0 Å². The quantitative estimate of drug-likeness (QED) is 0.406. The molecule has 5 unspecified atom stereocenters. The minimum absolute atomic E-state index is 0.00836. The highest BCUT2D eigenvalue weighted by molar-refractivity contribution is 5.86. The van der Waals surface area contributed by atoms with Gasteiger partial charge in [-0.1, -0.05) is 77.1 Å². The van der Waals surface area contributed by atoms with Gasteiger partial charge >= 0.3 is 5.97 Å². The standard InChI is InChI=1S/C19H22.C14H24O2/c1-12-13(2)18-10-15(12)11-19(18)17-9-5-7-14-6-3-4-8-16(14)17;1-4-5-14(15)16-8-12-6-11-7-13(12)10(3)9(11)2/h3-9,12-13,15,18-19H,10-11H2,1-2H3;9-13H,4-8H2,1-3H3/t12?,13?,15-,18-,19-;9?,10?,11-,12?,13+/m10/s1. The second-order valence-electron chi connectivity index (χ2n) is 12.6. The van der Waals surface area contributed by atoms with Crippen molar-refractivity contribution in [3.8, 4) is 0 Å². The Bertz CT molecular complexity index is 1020. The van der Waals surface area contributed by atoms with Gasteiger partial charge in [0.1, 0.15) is 0 Å². The number of carbonyl (C=O) groups excluding carboxylic acids is 1. The first-order valence-electron chi connectivity index (χ1n) is 14.5. The van der Waals surface area contributed by atoms with Crippen LogP contribution in [0.25, 0.3) is 10.8 Å². The fourth-order valence-corrected chi connectivity index (χ4v) is 8.63. The van der Waals surface area contributed by atoms with Crippen LogP contribution in [-0.2, 0) is 9.53 Å². The lowest BCUT2D eigenvalue weighted by molar-refractivity contribution is -0.145. The lowest BCUT2D eigenvalue weighted by Crippen LogP contribution is -2.28. The van der Waals surface area contributed by atoms with Crippen molar-refractivity contribution in [2.75, 3.05) is 6.61 Å². The molecule has 0 radical (unpaired) electrons. The number of esters is 1. The Morgan fingerprint density at radius 2 is 1.46 bits per heavy atom. The summed E-state index contributed by atoms with van der Waals surface area (Å²) in [5, 5.41) is 2.89. The average molecular weight is 475 g/mol. The second kappa shape index (κ2) is 10.3. The summed E-state index contributed by atoms with van der Waals surface area (Å²) in [5.74, 6) is 8.62. The zero-order chi connectivity index (χ0) is 24.7. The van der Waals surface area contributed by atoms with Crippen molar-refractivity contribution in [3.05, 3.63) is 48.0 Å². The van der Waals surface area contributed by atoms with E-state index in [-0.39, 0.29) is 5.97 Å². The Labute approximate surface area is 213 Å². The second-order valence-corrected chi connectivity index (χ2v) is 12.6. The van der Waals surface area contributed by atoms with Crippen molar-refractivity contribution in [2.45, 2.75) is 79.1 Å². The molecule has 0 heterocycles. The van der Waals surface area contributed by atoms with E-state index >= 15 is 0 Å². The van der Waals surface area contributed by atoms with Gasteiger partial charge < -0.3 is 4.74 Å². The van der Waals surface area contributed by atoms with Gasteiger partial charge in [0.25, 0.3) is 0 Å². The van der Waals surface area contributed by atoms with Crippen LogP contribution in [0.2, 0.25) is 0 Å². The molecule has 4 saturated carbocycles. The first-order chi connectivity index (χ1) is 16.9.